The molecule has 1 rings (SSSR count). The van der Waals surface area contributed by atoms with Gasteiger partial charge in [0.15, 0.2) is 5.54 Å². The van der Waals surface area contributed by atoms with Crippen molar-refractivity contribution in [2.75, 3.05) is 19.4 Å². The van der Waals surface area contributed by atoms with E-state index in [0.717, 1.165) is 38.5 Å². The highest BCUT2D eigenvalue weighted by atomic mass is 31.2. The monoisotopic (exact) mass is 608 g/mol. The van der Waals surface area contributed by atoms with E-state index in [9.17, 15) is 44.6 Å². The van der Waals surface area contributed by atoms with Crippen LogP contribution in [-0.4, -0.2) is 97.6 Å². The molecule has 2 unspecified atom stereocenters. The number of aliphatic hydroxyl groups is 4. The maximum Gasteiger partial charge on any atom is 0.331 e. The zero-order valence-electron chi connectivity index (χ0n) is 24.6. The van der Waals surface area contributed by atoms with E-state index >= 15 is 0 Å². The van der Waals surface area contributed by atoms with Gasteiger partial charge in [-0.15, -0.1) is 0 Å². The molecule has 12 nitrogen and oxygen atoms in total. The average molecular weight is 609 g/mol. The lowest BCUT2D eigenvalue weighted by Crippen LogP contribution is -2.55. The molecule has 1 aliphatic heterocycles. The van der Waals surface area contributed by atoms with Crippen LogP contribution < -0.4 is 10.6 Å². The third-order valence-electron chi connectivity index (χ3n) is 7.37. The number of aliphatic hydroxyl groups excluding tert-OH is 4. The molecule has 1 aliphatic rings. The quantitative estimate of drug-likeness (QED) is 0.0479. The van der Waals surface area contributed by atoms with Gasteiger partial charge in [0, 0.05) is 12.5 Å². The van der Waals surface area contributed by atoms with Crippen molar-refractivity contribution in [3.8, 4) is 0 Å². The molecular weight excluding hydrogens is 555 g/mol. The number of aliphatic carboxylic acids is 1. The summed E-state index contributed by atoms with van der Waals surface area (Å²) < 4.78 is 17.5. The van der Waals surface area contributed by atoms with Gasteiger partial charge in [-0.2, -0.15) is 0 Å². The molecule has 0 saturated carbocycles. The number of nitrogens with one attached hydrogen (secondary N) is 2. The fourth-order valence-electron chi connectivity index (χ4n) is 4.76. The lowest BCUT2D eigenvalue weighted by molar-refractivity contribution is -0.148. The van der Waals surface area contributed by atoms with E-state index in [0.29, 0.717) is 6.42 Å². The molecule has 0 bridgehead atoms. The van der Waals surface area contributed by atoms with Crippen molar-refractivity contribution in [3.63, 3.8) is 0 Å². The van der Waals surface area contributed by atoms with Gasteiger partial charge in [-0.3, -0.25) is 9.36 Å². The molecule has 41 heavy (non-hydrogen) atoms. The molecule has 7 atom stereocenters. The number of rotatable bonds is 23. The molecule has 0 aromatic heterocycles. The van der Waals surface area contributed by atoms with Gasteiger partial charge in [-0.25, -0.2) is 4.79 Å². The largest absolute Gasteiger partial charge is 0.479 e. The van der Waals surface area contributed by atoms with Crippen LogP contribution in [0.1, 0.15) is 97.3 Å². The van der Waals surface area contributed by atoms with Crippen molar-refractivity contribution in [2.45, 2.75) is 133 Å². The van der Waals surface area contributed by atoms with E-state index in [-0.39, 0.29) is 12.8 Å². The van der Waals surface area contributed by atoms with Crippen molar-refractivity contribution in [2.24, 2.45) is 0 Å². The van der Waals surface area contributed by atoms with E-state index in [2.05, 4.69) is 29.7 Å². The van der Waals surface area contributed by atoms with Crippen molar-refractivity contribution in [3.05, 3.63) is 12.2 Å². The number of unbranched alkanes of at least 4 members (excludes halogenated alkanes) is 9. The second kappa shape index (κ2) is 19.7. The summed E-state index contributed by atoms with van der Waals surface area (Å²) in [6.45, 7) is 2.14. The third kappa shape index (κ3) is 15.1. The van der Waals surface area contributed by atoms with Crippen LogP contribution in [0.15, 0.2) is 12.2 Å². The topological polar surface area (TPSA) is 206 Å². The standard InChI is InChI=1S/C28H53N2O10P/c1-3-4-5-6-7-8-9-10-11-12-13-14-15-16-24(33)30-28(2,27(36)37)20-40-41(38,39)19-21(32)17-22-25(34)26(35)23(18-31)29-22/h8-9,21-23,25-26,29,31-32,34-35H,3-7,10-20H2,1-2H3,(H,30,33)(H,36,37)(H,38,39)/b9-8-/t21-,22-,23-,25-,26-,28?/m1/s1. The fourth-order valence-corrected chi connectivity index (χ4v) is 6.00. The third-order valence-corrected chi connectivity index (χ3v) is 8.79. The van der Waals surface area contributed by atoms with E-state index in [4.69, 9.17) is 4.52 Å². The SMILES string of the molecule is CCCCCC/C=C\CCCCCCCC(=O)NC(C)(COP(=O)(O)C[C@H](O)C[C@H]1N[C@H](CO)[C@@H](O)[C@@H]1O)C(=O)O. The van der Waals surface area contributed by atoms with Crippen molar-refractivity contribution < 1.29 is 49.1 Å². The van der Waals surface area contributed by atoms with Gasteiger partial charge in [0.05, 0.1) is 43.7 Å². The maximum atomic E-state index is 12.5. The number of hydrogen-bond acceptors (Lipinski definition) is 9. The molecule has 240 valence electrons. The summed E-state index contributed by atoms with van der Waals surface area (Å²) in [5.74, 6) is -1.94. The fraction of sp³-hybridized carbons (Fsp3) is 0.857. The van der Waals surface area contributed by atoms with Gasteiger partial charge in [0.25, 0.3) is 0 Å². The number of hydrogen-bond donors (Lipinski definition) is 8. The summed E-state index contributed by atoms with van der Waals surface area (Å²) in [6, 6.07) is -1.63. The molecule has 0 radical (unpaired) electrons. The van der Waals surface area contributed by atoms with E-state index in [1.807, 2.05) is 0 Å². The maximum absolute atomic E-state index is 12.5. The lowest BCUT2D eigenvalue weighted by Gasteiger charge is -2.28. The van der Waals surface area contributed by atoms with Crippen LogP contribution in [-0.2, 0) is 18.7 Å². The zero-order chi connectivity index (χ0) is 30.9. The Hall–Kier alpha value is -1.37. The summed E-state index contributed by atoms with van der Waals surface area (Å²) in [5, 5.41) is 54.1. The van der Waals surface area contributed by atoms with Crippen LogP contribution in [0.2, 0.25) is 0 Å². The first kappa shape index (κ1) is 37.7. The minimum atomic E-state index is -4.48. The van der Waals surface area contributed by atoms with Crippen LogP contribution in [0.25, 0.3) is 0 Å². The molecule has 0 aromatic rings. The average Bonchev–Trinajstić information content (AvgIpc) is 3.17. The first-order chi connectivity index (χ1) is 19.3. The van der Waals surface area contributed by atoms with Crippen LogP contribution >= 0.6 is 7.60 Å². The molecule has 0 aliphatic carbocycles. The van der Waals surface area contributed by atoms with Crippen molar-refractivity contribution in [1.29, 1.82) is 0 Å². The zero-order valence-corrected chi connectivity index (χ0v) is 25.5. The molecule has 0 spiro atoms. The number of carboxylic acids is 1. The Labute approximate surface area is 244 Å². The number of carbonyl (C=O) groups is 2. The van der Waals surface area contributed by atoms with Gasteiger partial charge >= 0.3 is 13.6 Å². The van der Waals surface area contributed by atoms with Gasteiger partial charge < -0.3 is 45.6 Å². The molecule has 1 amide bonds. The molecule has 1 heterocycles. The molecule has 1 fully saturated rings. The number of amides is 1. The summed E-state index contributed by atoms with van der Waals surface area (Å²) in [4.78, 5) is 34.4. The molecule has 1 saturated heterocycles. The minimum Gasteiger partial charge on any atom is -0.479 e. The summed E-state index contributed by atoms with van der Waals surface area (Å²) >= 11 is 0. The Balaban J connectivity index is 2.34. The molecule has 0 aromatic carbocycles. The Morgan fingerprint density at radius 2 is 1.56 bits per heavy atom. The van der Waals surface area contributed by atoms with Gasteiger partial charge in [-0.05, 0) is 45.4 Å². The van der Waals surface area contributed by atoms with Crippen molar-refractivity contribution >= 4 is 19.5 Å². The Bertz CT molecular complexity index is 845. The number of allylic oxidation sites excluding steroid dienone is 2. The first-order valence-corrected chi connectivity index (χ1v) is 16.7. The second-order valence-corrected chi connectivity index (χ2v) is 13.2. The molecular formula is C28H53N2O10P. The van der Waals surface area contributed by atoms with Crippen molar-refractivity contribution in [1.82, 2.24) is 10.6 Å². The second-order valence-electron chi connectivity index (χ2n) is 11.3. The normalized spacial score (nSPS) is 24.7. The predicted octanol–water partition coefficient (Wildman–Crippen LogP) is 2.21. The first-order valence-electron chi connectivity index (χ1n) is 14.9. The molecule has 8 N–H and O–H groups in total. The van der Waals surface area contributed by atoms with Crippen LogP contribution in [0.4, 0.5) is 0 Å². The molecule has 13 heteroatoms. The summed E-state index contributed by atoms with van der Waals surface area (Å²) in [7, 11) is -4.48. The summed E-state index contributed by atoms with van der Waals surface area (Å²) in [5.41, 5.74) is -1.95. The smallest absolute Gasteiger partial charge is 0.331 e. The van der Waals surface area contributed by atoms with Crippen LogP contribution in [0.3, 0.4) is 0 Å². The highest BCUT2D eigenvalue weighted by Crippen LogP contribution is 2.44. The summed E-state index contributed by atoms with van der Waals surface area (Å²) in [6.07, 6.45) is 11.4. The van der Waals surface area contributed by atoms with Gasteiger partial charge in [-0.1, -0.05) is 57.6 Å². The van der Waals surface area contributed by atoms with Crippen LogP contribution in [0, 0.1) is 0 Å². The Morgan fingerprint density at radius 3 is 2.12 bits per heavy atom. The van der Waals surface area contributed by atoms with E-state index < -0.39 is 74.8 Å². The number of carboxylic acid groups (broad SMARTS) is 1. The highest BCUT2D eigenvalue weighted by molar-refractivity contribution is 7.52. The van der Waals surface area contributed by atoms with Gasteiger partial charge in [0.2, 0.25) is 5.91 Å². The Kier molecular flexibility index (Phi) is 18.1. The van der Waals surface area contributed by atoms with Crippen LogP contribution in [0.5, 0.6) is 0 Å². The highest BCUT2D eigenvalue weighted by Gasteiger charge is 2.42. The Morgan fingerprint density at radius 1 is 1.00 bits per heavy atom. The van der Waals surface area contributed by atoms with E-state index in [1.54, 1.807) is 0 Å². The minimum absolute atomic E-state index is 0.118. The van der Waals surface area contributed by atoms with Gasteiger partial charge in [0.1, 0.15) is 0 Å². The predicted molar refractivity (Wildman–Crippen MR) is 155 cm³/mol. The van der Waals surface area contributed by atoms with E-state index in [1.165, 1.54) is 32.6 Å². The lowest BCUT2D eigenvalue weighted by atomic mass is 10.0. The number of carbonyl (C=O) groups excluding carboxylic acids is 1.